The number of aromatic nitrogens is 2. The molecule has 0 fully saturated rings. The van der Waals surface area contributed by atoms with Gasteiger partial charge in [-0.2, -0.15) is 0 Å². The summed E-state index contributed by atoms with van der Waals surface area (Å²) in [7, 11) is 0. The van der Waals surface area contributed by atoms with Crippen molar-refractivity contribution in [3.05, 3.63) is 86.0 Å². The first kappa shape index (κ1) is 19.0. The van der Waals surface area contributed by atoms with Gasteiger partial charge in [-0.15, -0.1) is 0 Å². The highest BCUT2D eigenvalue weighted by molar-refractivity contribution is 7.99. The average molecular weight is 382 g/mol. The summed E-state index contributed by atoms with van der Waals surface area (Å²) in [5, 5.41) is 0.681. The lowest BCUT2D eigenvalue weighted by Crippen LogP contribution is -2.33. The van der Waals surface area contributed by atoms with Crippen LogP contribution < -0.4 is 11.2 Å². The molecule has 3 aromatic rings. The Hall–Kier alpha value is -2.73. The molecule has 0 aliphatic heterocycles. The molecular formula is C21H22N2O3S. The lowest BCUT2D eigenvalue weighted by molar-refractivity contribution is 0.556. The zero-order valence-electron chi connectivity index (χ0n) is 15.6. The number of hydrogen-bond donors (Lipinski definition) is 1. The van der Waals surface area contributed by atoms with Crippen LogP contribution in [0.2, 0.25) is 0 Å². The van der Waals surface area contributed by atoms with Crippen LogP contribution in [-0.4, -0.2) is 9.55 Å². The highest BCUT2D eigenvalue weighted by Gasteiger charge is 2.15. The van der Waals surface area contributed by atoms with Gasteiger partial charge in [0.1, 0.15) is 5.76 Å². The van der Waals surface area contributed by atoms with Gasteiger partial charge in [-0.1, -0.05) is 30.8 Å². The molecule has 0 aliphatic carbocycles. The van der Waals surface area contributed by atoms with E-state index >= 15 is 0 Å². The number of furan rings is 1. The van der Waals surface area contributed by atoms with Gasteiger partial charge in [-0.25, -0.2) is 4.79 Å². The smallest absolute Gasteiger partial charge is 0.329 e. The number of benzene rings is 1. The predicted molar refractivity (Wildman–Crippen MR) is 108 cm³/mol. The van der Waals surface area contributed by atoms with Crippen LogP contribution in [0, 0.1) is 13.8 Å². The highest BCUT2D eigenvalue weighted by atomic mass is 32.2. The van der Waals surface area contributed by atoms with Gasteiger partial charge in [0.15, 0.2) is 0 Å². The van der Waals surface area contributed by atoms with E-state index in [0.29, 0.717) is 29.3 Å². The summed E-state index contributed by atoms with van der Waals surface area (Å²) >= 11 is 1.46. The van der Waals surface area contributed by atoms with Gasteiger partial charge in [0.2, 0.25) is 0 Å². The number of H-pyrrole nitrogens is 1. The maximum Gasteiger partial charge on any atom is 0.329 e. The molecule has 0 unspecified atom stereocenters. The first-order valence-corrected chi connectivity index (χ1v) is 9.61. The van der Waals surface area contributed by atoms with Gasteiger partial charge in [0.05, 0.1) is 11.3 Å². The number of hydrogen-bond acceptors (Lipinski definition) is 4. The largest absolute Gasteiger partial charge is 0.465 e. The minimum absolute atomic E-state index is 0.319. The lowest BCUT2D eigenvalue weighted by atomic mass is 10.2. The second kappa shape index (κ2) is 8.31. The summed E-state index contributed by atoms with van der Waals surface area (Å²) in [6.07, 6.45) is 5.81. The fourth-order valence-electron chi connectivity index (χ4n) is 2.95. The van der Waals surface area contributed by atoms with E-state index in [9.17, 15) is 9.59 Å². The Balaban J connectivity index is 2.03. The van der Waals surface area contributed by atoms with E-state index in [4.69, 9.17) is 4.42 Å². The Morgan fingerprint density at radius 1 is 1.19 bits per heavy atom. The van der Waals surface area contributed by atoms with Crippen LogP contribution in [0.25, 0.3) is 6.08 Å². The second-order valence-electron chi connectivity index (χ2n) is 6.35. The summed E-state index contributed by atoms with van der Waals surface area (Å²) in [6, 6.07) is 9.87. The van der Waals surface area contributed by atoms with Crippen LogP contribution in [0.15, 0.2) is 66.6 Å². The van der Waals surface area contributed by atoms with E-state index in [-0.39, 0.29) is 5.56 Å². The first-order chi connectivity index (χ1) is 13.0. The molecule has 1 aromatic carbocycles. The monoisotopic (exact) mass is 382 g/mol. The minimum atomic E-state index is -0.409. The molecule has 27 heavy (non-hydrogen) atoms. The van der Waals surface area contributed by atoms with Gasteiger partial charge in [-0.3, -0.25) is 14.3 Å². The summed E-state index contributed by atoms with van der Waals surface area (Å²) in [5.41, 5.74) is 2.18. The van der Waals surface area contributed by atoms with Crippen molar-refractivity contribution >= 4 is 17.8 Å². The predicted octanol–water partition coefficient (Wildman–Crippen LogP) is 4.17. The van der Waals surface area contributed by atoms with Gasteiger partial charge >= 0.3 is 5.69 Å². The van der Waals surface area contributed by atoms with E-state index in [2.05, 4.69) is 23.2 Å². The molecule has 0 saturated heterocycles. The zero-order chi connectivity index (χ0) is 19.4. The van der Waals surface area contributed by atoms with Crippen LogP contribution >= 0.6 is 11.8 Å². The molecule has 1 N–H and O–H groups in total. The first-order valence-electron chi connectivity index (χ1n) is 8.80. The molecule has 0 aliphatic rings. The van der Waals surface area contributed by atoms with Crippen molar-refractivity contribution in [2.45, 2.75) is 43.7 Å². The maximum absolute atomic E-state index is 12.5. The molecule has 6 heteroatoms. The van der Waals surface area contributed by atoms with E-state index in [1.165, 1.54) is 11.8 Å². The standard InChI is InChI=1S/C21H22N2O3S/c1-4-18-19(24)22-21(25)23(9-5-7-16-8-6-10-26-16)20(18)27-17-12-14(2)11-15(3)13-17/h5-8,10-13H,4,9H2,1-3H3,(H,22,24,25)/b7-5+. The topological polar surface area (TPSA) is 68.0 Å². The number of aromatic amines is 1. The highest BCUT2D eigenvalue weighted by Crippen LogP contribution is 2.30. The second-order valence-corrected chi connectivity index (χ2v) is 7.41. The Morgan fingerprint density at radius 3 is 2.56 bits per heavy atom. The van der Waals surface area contributed by atoms with E-state index in [1.807, 2.05) is 45.1 Å². The third-order valence-corrected chi connectivity index (χ3v) is 5.25. The Bertz CT molecular complexity index is 1060. The lowest BCUT2D eigenvalue weighted by Gasteiger charge is -2.14. The van der Waals surface area contributed by atoms with E-state index in [1.54, 1.807) is 10.8 Å². The van der Waals surface area contributed by atoms with Crippen molar-refractivity contribution in [1.82, 2.24) is 9.55 Å². The summed E-state index contributed by atoms with van der Waals surface area (Å²) < 4.78 is 6.88. The van der Waals surface area contributed by atoms with Crippen molar-refractivity contribution in [2.75, 3.05) is 0 Å². The van der Waals surface area contributed by atoms with Crippen molar-refractivity contribution < 1.29 is 4.42 Å². The zero-order valence-corrected chi connectivity index (χ0v) is 16.4. The molecule has 2 heterocycles. The van der Waals surface area contributed by atoms with E-state index in [0.717, 1.165) is 16.0 Å². The number of nitrogens with zero attached hydrogens (tertiary/aromatic N) is 1. The average Bonchev–Trinajstić information content (AvgIpc) is 3.10. The fourth-order valence-corrected chi connectivity index (χ4v) is 4.29. The van der Waals surface area contributed by atoms with Gasteiger partial charge in [0.25, 0.3) is 5.56 Å². The third kappa shape index (κ3) is 4.52. The van der Waals surface area contributed by atoms with Gasteiger partial charge in [0, 0.05) is 17.0 Å². The Kier molecular flexibility index (Phi) is 5.86. The molecule has 140 valence electrons. The third-order valence-electron chi connectivity index (χ3n) is 4.12. The normalized spacial score (nSPS) is 11.4. The van der Waals surface area contributed by atoms with Crippen LogP contribution in [-0.2, 0) is 13.0 Å². The molecule has 0 saturated carbocycles. The molecule has 0 radical (unpaired) electrons. The quantitative estimate of drug-likeness (QED) is 0.650. The molecule has 5 nitrogen and oxygen atoms in total. The number of rotatable bonds is 6. The molecule has 0 amide bonds. The number of nitrogens with one attached hydrogen (secondary N) is 1. The van der Waals surface area contributed by atoms with Gasteiger partial charge < -0.3 is 4.42 Å². The minimum Gasteiger partial charge on any atom is -0.465 e. The molecule has 3 rings (SSSR count). The SMILES string of the molecule is CCc1c(Sc2cc(C)cc(C)c2)n(C/C=C/c2ccco2)c(=O)[nH]c1=O. The van der Waals surface area contributed by atoms with Crippen LogP contribution in [0.3, 0.4) is 0 Å². The van der Waals surface area contributed by atoms with Crippen molar-refractivity contribution in [2.24, 2.45) is 0 Å². The molecule has 0 atom stereocenters. The maximum atomic E-state index is 12.5. The summed E-state index contributed by atoms with van der Waals surface area (Å²) in [4.78, 5) is 28.2. The molecular weight excluding hydrogens is 360 g/mol. The van der Waals surface area contributed by atoms with Crippen molar-refractivity contribution in [3.63, 3.8) is 0 Å². The molecule has 0 bridgehead atoms. The van der Waals surface area contributed by atoms with Crippen LogP contribution in [0.1, 0.15) is 29.4 Å². The Labute approximate surface area is 161 Å². The van der Waals surface area contributed by atoms with Crippen molar-refractivity contribution in [1.29, 1.82) is 0 Å². The number of allylic oxidation sites excluding steroid dienone is 1. The summed E-state index contributed by atoms with van der Waals surface area (Å²) in [6.45, 7) is 6.34. The Morgan fingerprint density at radius 2 is 1.93 bits per heavy atom. The number of aryl methyl sites for hydroxylation is 2. The van der Waals surface area contributed by atoms with Crippen LogP contribution in [0.5, 0.6) is 0 Å². The fraction of sp³-hybridized carbons (Fsp3) is 0.238. The van der Waals surface area contributed by atoms with Gasteiger partial charge in [-0.05, 0) is 61.7 Å². The van der Waals surface area contributed by atoms with Crippen LogP contribution in [0.4, 0.5) is 0 Å². The molecule has 2 aromatic heterocycles. The van der Waals surface area contributed by atoms with Crippen molar-refractivity contribution in [3.8, 4) is 0 Å². The summed E-state index contributed by atoms with van der Waals surface area (Å²) in [5.74, 6) is 0.715. The molecule has 0 spiro atoms. The van der Waals surface area contributed by atoms with E-state index < -0.39 is 5.69 Å².